The first kappa shape index (κ1) is 24.9. The fourth-order valence-electron chi connectivity index (χ4n) is 6.50. The topological polar surface area (TPSA) is 132 Å². The highest BCUT2D eigenvalue weighted by Crippen LogP contribution is 2.32. The third-order valence-corrected chi connectivity index (χ3v) is 8.35. The summed E-state index contributed by atoms with van der Waals surface area (Å²) in [6.07, 6.45) is 0.441. The van der Waals surface area contributed by atoms with Gasteiger partial charge in [0.05, 0.1) is 31.3 Å². The molecule has 4 saturated heterocycles. The Morgan fingerprint density at radius 2 is 1.77 bits per heavy atom. The number of rotatable bonds is 1. The molecular formula is C24H38N4O7. The molecule has 5 fully saturated rings. The lowest BCUT2D eigenvalue weighted by atomic mass is 10.0. The van der Waals surface area contributed by atoms with Crippen molar-refractivity contribution in [1.82, 2.24) is 20.0 Å². The summed E-state index contributed by atoms with van der Waals surface area (Å²) < 4.78 is 11.8. The standard InChI is InChI=1S/C24H38N4O7/c1-14(29)27-12-17-11-26(6-7-34-17)24(33)18-8-15(10-28(18)16-4-2-3-5-16)25-21(30)9-19-22(31)23(32)20(13-27)35-19/h15-20,22-23,31-32H,2-13H2,1H3,(H,25,30)/t15-,17-,18-,19-,20+,22-,23+/m0/s1. The summed E-state index contributed by atoms with van der Waals surface area (Å²) in [5.41, 5.74) is 0. The molecule has 5 aliphatic rings. The van der Waals surface area contributed by atoms with Crippen LogP contribution in [0.1, 0.15) is 45.4 Å². The van der Waals surface area contributed by atoms with E-state index in [4.69, 9.17) is 9.47 Å². The summed E-state index contributed by atoms with van der Waals surface area (Å²) in [5, 5.41) is 24.2. The normalized spacial score (nSPS) is 39.8. The van der Waals surface area contributed by atoms with E-state index in [1.165, 1.54) is 11.8 Å². The van der Waals surface area contributed by atoms with Gasteiger partial charge in [-0.2, -0.15) is 0 Å². The maximum atomic E-state index is 13.7. The minimum Gasteiger partial charge on any atom is -0.388 e. The molecule has 3 N–H and O–H groups in total. The highest BCUT2D eigenvalue weighted by molar-refractivity contribution is 5.83. The second kappa shape index (κ2) is 10.3. The number of hydrogen-bond acceptors (Lipinski definition) is 8. The summed E-state index contributed by atoms with van der Waals surface area (Å²) in [6, 6.07) is -0.110. The van der Waals surface area contributed by atoms with Gasteiger partial charge in [0.25, 0.3) is 0 Å². The van der Waals surface area contributed by atoms with Gasteiger partial charge in [-0.15, -0.1) is 0 Å². The molecule has 0 aromatic heterocycles. The Kier molecular flexibility index (Phi) is 7.32. The van der Waals surface area contributed by atoms with Crippen molar-refractivity contribution < 1.29 is 34.1 Å². The summed E-state index contributed by atoms with van der Waals surface area (Å²) in [4.78, 5) is 44.7. The van der Waals surface area contributed by atoms with Crippen LogP contribution in [0.25, 0.3) is 0 Å². The van der Waals surface area contributed by atoms with E-state index in [9.17, 15) is 24.6 Å². The number of nitrogens with zero attached hydrogens (tertiary/aromatic N) is 3. The van der Waals surface area contributed by atoms with Crippen LogP contribution in [0.4, 0.5) is 0 Å². The molecule has 196 valence electrons. The van der Waals surface area contributed by atoms with Crippen molar-refractivity contribution in [3.8, 4) is 0 Å². The average Bonchev–Trinajstić information content (AvgIpc) is 3.55. The van der Waals surface area contributed by atoms with E-state index in [2.05, 4.69) is 10.2 Å². The molecule has 1 aliphatic carbocycles. The van der Waals surface area contributed by atoms with Crippen molar-refractivity contribution in [3.05, 3.63) is 0 Å². The zero-order chi connectivity index (χ0) is 24.7. The van der Waals surface area contributed by atoms with E-state index in [0.29, 0.717) is 38.7 Å². The van der Waals surface area contributed by atoms with Crippen molar-refractivity contribution in [1.29, 1.82) is 0 Å². The van der Waals surface area contributed by atoms with Crippen LogP contribution in [0, 0.1) is 0 Å². The molecule has 7 atom stereocenters. The van der Waals surface area contributed by atoms with Gasteiger partial charge in [-0.25, -0.2) is 0 Å². The number of ether oxygens (including phenoxy) is 2. The second-order valence-corrected chi connectivity index (χ2v) is 10.8. The van der Waals surface area contributed by atoms with Gasteiger partial charge in [0, 0.05) is 51.7 Å². The Balaban J connectivity index is 1.40. The third-order valence-electron chi connectivity index (χ3n) is 8.35. The summed E-state index contributed by atoms with van der Waals surface area (Å²) in [5.74, 6) is -0.415. The fourth-order valence-corrected chi connectivity index (χ4v) is 6.50. The highest BCUT2D eigenvalue weighted by atomic mass is 16.5. The van der Waals surface area contributed by atoms with Gasteiger partial charge in [0.2, 0.25) is 17.7 Å². The number of amides is 3. The van der Waals surface area contributed by atoms with Crippen molar-refractivity contribution >= 4 is 17.7 Å². The van der Waals surface area contributed by atoms with Gasteiger partial charge in [-0.3, -0.25) is 19.3 Å². The number of likely N-dealkylation sites (tertiary alicyclic amines) is 1. The van der Waals surface area contributed by atoms with Crippen LogP contribution < -0.4 is 5.32 Å². The molecule has 11 heteroatoms. The van der Waals surface area contributed by atoms with E-state index in [1.54, 1.807) is 0 Å². The number of aliphatic hydroxyl groups is 2. The highest BCUT2D eigenvalue weighted by Gasteiger charge is 2.47. The second-order valence-electron chi connectivity index (χ2n) is 10.8. The van der Waals surface area contributed by atoms with Gasteiger partial charge < -0.3 is 34.8 Å². The van der Waals surface area contributed by atoms with Crippen molar-refractivity contribution in [2.75, 3.05) is 39.3 Å². The zero-order valence-corrected chi connectivity index (χ0v) is 20.4. The number of fused-ring (bicyclic) bond motifs is 6. The molecule has 0 radical (unpaired) electrons. The molecule has 4 heterocycles. The van der Waals surface area contributed by atoms with E-state index in [-0.39, 0.29) is 55.4 Å². The molecule has 0 unspecified atom stereocenters. The summed E-state index contributed by atoms with van der Waals surface area (Å²) in [7, 11) is 0. The average molecular weight is 495 g/mol. The molecule has 3 amide bonds. The van der Waals surface area contributed by atoms with Crippen LogP contribution >= 0.6 is 0 Å². The Morgan fingerprint density at radius 3 is 2.51 bits per heavy atom. The maximum absolute atomic E-state index is 13.7. The summed E-state index contributed by atoms with van der Waals surface area (Å²) >= 11 is 0. The Morgan fingerprint density at radius 1 is 1.03 bits per heavy atom. The number of carbonyl (C=O) groups is 3. The first-order chi connectivity index (χ1) is 16.8. The molecule has 0 spiro atoms. The minimum absolute atomic E-state index is 0.0673. The van der Waals surface area contributed by atoms with E-state index >= 15 is 0 Å². The van der Waals surface area contributed by atoms with Crippen molar-refractivity contribution in [3.63, 3.8) is 0 Å². The molecule has 4 aliphatic heterocycles. The molecule has 5 rings (SSSR count). The van der Waals surface area contributed by atoms with Gasteiger partial charge >= 0.3 is 0 Å². The minimum atomic E-state index is -1.22. The van der Waals surface area contributed by atoms with Gasteiger partial charge in [-0.1, -0.05) is 12.8 Å². The van der Waals surface area contributed by atoms with Crippen molar-refractivity contribution in [2.24, 2.45) is 0 Å². The predicted molar refractivity (Wildman–Crippen MR) is 123 cm³/mol. The molecule has 6 bridgehead atoms. The lowest BCUT2D eigenvalue weighted by Crippen LogP contribution is -2.56. The quantitative estimate of drug-likeness (QED) is 0.400. The van der Waals surface area contributed by atoms with E-state index in [1.807, 2.05) is 4.90 Å². The first-order valence-electron chi connectivity index (χ1n) is 13.0. The van der Waals surface area contributed by atoms with E-state index in [0.717, 1.165) is 25.7 Å². The van der Waals surface area contributed by atoms with Crippen LogP contribution in [0.3, 0.4) is 0 Å². The summed E-state index contributed by atoms with van der Waals surface area (Å²) in [6.45, 7) is 3.66. The first-order valence-corrected chi connectivity index (χ1v) is 13.0. The third kappa shape index (κ3) is 5.20. The number of aliphatic hydroxyl groups excluding tert-OH is 2. The molecule has 0 aromatic rings. The zero-order valence-electron chi connectivity index (χ0n) is 20.4. The lowest BCUT2D eigenvalue weighted by molar-refractivity contribution is -0.147. The molecule has 0 aromatic carbocycles. The fraction of sp³-hybridized carbons (Fsp3) is 0.875. The van der Waals surface area contributed by atoms with Crippen LogP contribution in [0.15, 0.2) is 0 Å². The Labute approximate surface area is 205 Å². The molecule has 1 saturated carbocycles. The van der Waals surface area contributed by atoms with Crippen LogP contribution in [-0.2, 0) is 23.9 Å². The van der Waals surface area contributed by atoms with Crippen molar-refractivity contribution in [2.45, 2.75) is 94.1 Å². The van der Waals surface area contributed by atoms with Crippen LogP contribution in [0.2, 0.25) is 0 Å². The number of hydrogen-bond donors (Lipinski definition) is 3. The smallest absolute Gasteiger partial charge is 0.240 e. The van der Waals surface area contributed by atoms with Gasteiger partial charge in [0.15, 0.2) is 0 Å². The Bertz CT molecular complexity index is 822. The lowest BCUT2D eigenvalue weighted by Gasteiger charge is -2.39. The largest absolute Gasteiger partial charge is 0.388 e. The number of morpholine rings is 1. The number of nitrogens with one attached hydrogen (secondary N) is 1. The Hall–Kier alpha value is -1.79. The van der Waals surface area contributed by atoms with Gasteiger partial charge in [-0.05, 0) is 19.3 Å². The number of carbonyl (C=O) groups excluding carboxylic acids is 3. The monoisotopic (exact) mass is 494 g/mol. The maximum Gasteiger partial charge on any atom is 0.240 e. The van der Waals surface area contributed by atoms with Crippen LogP contribution in [0.5, 0.6) is 0 Å². The van der Waals surface area contributed by atoms with Crippen LogP contribution in [-0.4, -0.2) is 131 Å². The molecule has 35 heavy (non-hydrogen) atoms. The van der Waals surface area contributed by atoms with Gasteiger partial charge in [0.1, 0.15) is 18.3 Å². The van der Waals surface area contributed by atoms with E-state index < -0.39 is 24.4 Å². The molecular weight excluding hydrogens is 456 g/mol. The molecule has 11 nitrogen and oxygen atoms in total. The SMILES string of the molecule is CC(=O)N1C[C@@H]2CN(CCO2)C(=O)[C@@H]2C[C@@H](CN2C2CCCC2)NC(=O)C[C@@H]2O[C@H](C1)[C@@H](O)[C@H]2O. The predicted octanol–water partition coefficient (Wildman–Crippen LogP) is -1.54.